The van der Waals surface area contributed by atoms with Crippen LogP contribution in [0.15, 0.2) is 28.0 Å². The van der Waals surface area contributed by atoms with Crippen molar-refractivity contribution < 1.29 is 13.2 Å². The SMILES string of the molecule is CCCN(CCC)c1nc2c(C)cccn2c(=O)c1/C=C1\SC(=S)N([C@H]2CCS(=O)(=O)C2)C1=O. The highest BCUT2D eigenvalue weighted by atomic mass is 32.2. The summed E-state index contributed by atoms with van der Waals surface area (Å²) >= 11 is 6.55. The molecule has 2 aliphatic rings. The Morgan fingerprint density at radius 2 is 1.97 bits per heavy atom. The first-order chi connectivity index (χ1) is 16.2. The lowest BCUT2D eigenvalue weighted by Gasteiger charge is -2.25. The molecule has 1 atom stereocenters. The topological polar surface area (TPSA) is 92.1 Å². The molecule has 0 unspecified atom stereocenters. The number of rotatable bonds is 7. The maximum Gasteiger partial charge on any atom is 0.267 e. The summed E-state index contributed by atoms with van der Waals surface area (Å²) in [6.07, 6.45) is 5.39. The molecule has 4 rings (SSSR count). The lowest BCUT2D eigenvalue weighted by molar-refractivity contribution is -0.123. The number of aromatic nitrogens is 2. The lowest BCUT2D eigenvalue weighted by atomic mass is 10.2. The van der Waals surface area contributed by atoms with E-state index in [-0.39, 0.29) is 23.0 Å². The highest BCUT2D eigenvalue weighted by Crippen LogP contribution is 2.37. The van der Waals surface area contributed by atoms with Gasteiger partial charge in [-0.25, -0.2) is 13.4 Å². The largest absolute Gasteiger partial charge is 0.356 e. The number of hydrogen-bond acceptors (Lipinski definition) is 8. The van der Waals surface area contributed by atoms with E-state index in [1.54, 1.807) is 18.3 Å². The van der Waals surface area contributed by atoms with Gasteiger partial charge in [-0.2, -0.15) is 0 Å². The number of carbonyl (C=O) groups is 1. The van der Waals surface area contributed by atoms with Gasteiger partial charge in [-0.3, -0.25) is 18.9 Å². The molecule has 0 spiro atoms. The summed E-state index contributed by atoms with van der Waals surface area (Å²) in [5.74, 6) is 0.167. The molecule has 2 saturated heterocycles. The molecule has 0 aromatic carbocycles. The third kappa shape index (κ3) is 4.65. The number of carbonyl (C=O) groups excluding carboxylic acids is 1. The molecule has 0 aliphatic carbocycles. The van der Waals surface area contributed by atoms with Gasteiger partial charge in [-0.15, -0.1) is 0 Å². The average molecular weight is 521 g/mol. The van der Waals surface area contributed by atoms with Gasteiger partial charge < -0.3 is 4.90 Å². The molecule has 4 heterocycles. The van der Waals surface area contributed by atoms with Crippen molar-refractivity contribution in [3.8, 4) is 0 Å². The second-order valence-electron chi connectivity index (χ2n) is 8.63. The van der Waals surface area contributed by atoms with Crippen molar-refractivity contribution in [2.45, 2.75) is 46.1 Å². The molecule has 2 aliphatic heterocycles. The van der Waals surface area contributed by atoms with Crippen LogP contribution in [0.4, 0.5) is 5.82 Å². The number of hydrogen-bond donors (Lipinski definition) is 0. The number of thioether (sulfide) groups is 1. The molecule has 1 amide bonds. The Morgan fingerprint density at radius 1 is 1.26 bits per heavy atom. The van der Waals surface area contributed by atoms with Crippen molar-refractivity contribution in [3.63, 3.8) is 0 Å². The van der Waals surface area contributed by atoms with Crippen LogP contribution < -0.4 is 10.5 Å². The van der Waals surface area contributed by atoms with Crippen LogP contribution in [0.1, 0.15) is 44.2 Å². The molecule has 11 heteroatoms. The molecule has 8 nitrogen and oxygen atoms in total. The molecule has 182 valence electrons. The summed E-state index contributed by atoms with van der Waals surface area (Å²) in [6.45, 7) is 7.51. The number of pyridine rings is 1. The van der Waals surface area contributed by atoms with Crippen LogP contribution in [0, 0.1) is 6.92 Å². The Balaban J connectivity index is 1.84. The van der Waals surface area contributed by atoms with Crippen molar-refractivity contribution in [3.05, 3.63) is 44.7 Å². The maximum absolute atomic E-state index is 13.6. The van der Waals surface area contributed by atoms with Crippen molar-refractivity contribution in [2.75, 3.05) is 29.5 Å². The zero-order valence-corrected chi connectivity index (χ0v) is 21.9. The Hall–Kier alpha value is -2.24. The van der Waals surface area contributed by atoms with E-state index in [0.29, 0.717) is 32.7 Å². The molecule has 0 bridgehead atoms. The van der Waals surface area contributed by atoms with Crippen molar-refractivity contribution >= 4 is 61.6 Å². The Labute approximate surface area is 209 Å². The van der Waals surface area contributed by atoms with E-state index in [1.807, 2.05) is 13.0 Å². The monoisotopic (exact) mass is 520 g/mol. The second kappa shape index (κ2) is 9.79. The minimum Gasteiger partial charge on any atom is -0.356 e. The van der Waals surface area contributed by atoms with Crippen LogP contribution in [-0.2, 0) is 14.6 Å². The average Bonchev–Trinajstić information content (AvgIpc) is 3.27. The number of thiocarbonyl (C=S) groups is 1. The van der Waals surface area contributed by atoms with Gasteiger partial charge in [0.1, 0.15) is 15.8 Å². The van der Waals surface area contributed by atoms with Gasteiger partial charge >= 0.3 is 0 Å². The summed E-state index contributed by atoms with van der Waals surface area (Å²) in [7, 11) is -3.17. The van der Waals surface area contributed by atoms with Crippen molar-refractivity contribution in [2.24, 2.45) is 0 Å². The number of fused-ring (bicyclic) bond motifs is 1. The lowest BCUT2D eigenvalue weighted by Crippen LogP contribution is -2.39. The van der Waals surface area contributed by atoms with Gasteiger partial charge in [-0.1, -0.05) is 43.9 Å². The number of nitrogens with zero attached hydrogens (tertiary/aromatic N) is 4. The fourth-order valence-electron chi connectivity index (χ4n) is 4.44. The third-order valence-corrected chi connectivity index (χ3v) is 9.10. The fourth-order valence-corrected chi connectivity index (χ4v) is 7.52. The third-order valence-electron chi connectivity index (χ3n) is 6.02. The molecular weight excluding hydrogens is 492 g/mol. The first-order valence-electron chi connectivity index (χ1n) is 11.4. The molecule has 34 heavy (non-hydrogen) atoms. The van der Waals surface area contributed by atoms with E-state index in [4.69, 9.17) is 17.2 Å². The van der Waals surface area contributed by atoms with Crippen molar-refractivity contribution in [1.82, 2.24) is 14.3 Å². The molecule has 2 aromatic heterocycles. The highest BCUT2D eigenvalue weighted by Gasteiger charge is 2.42. The van der Waals surface area contributed by atoms with Gasteiger partial charge in [0.15, 0.2) is 9.84 Å². The predicted molar refractivity (Wildman–Crippen MR) is 141 cm³/mol. The van der Waals surface area contributed by atoms with Gasteiger partial charge in [0, 0.05) is 19.3 Å². The summed E-state index contributed by atoms with van der Waals surface area (Å²) < 4.78 is 25.8. The van der Waals surface area contributed by atoms with E-state index in [2.05, 4.69) is 18.7 Å². The van der Waals surface area contributed by atoms with Crippen LogP contribution in [0.2, 0.25) is 0 Å². The summed E-state index contributed by atoms with van der Waals surface area (Å²) in [6, 6.07) is 3.25. The summed E-state index contributed by atoms with van der Waals surface area (Å²) in [5.41, 5.74) is 1.55. The normalized spacial score (nSPS) is 21.2. The van der Waals surface area contributed by atoms with E-state index in [9.17, 15) is 18.0 Å². The Kier molecular flexibility index (Phi) is 7.16. The predicted octanol–water partition coefficient (Wildman–Crippen LogP) is 3.02. The van der Waals surface area contributed by atoms with Crippen LogP contribution in [0.3, 0.4) is 0 Å². The molecule has 2 fully saturated rings. The number of aryl methyl sites for hydroxylation is 1. The second-order valence-corrected chi connectivity index (χ2v) is 12.5. The minimum atomic E-state index is -3.17. The molecular formula is C23H28N4O4S3. The first kappa shape index (κ1) is 24.9. The van der Waals surface area contributed by atoms with E-state index in [0.717, 1.165) is 43.3 Å². The Morgan fingerprint density at radius 3 is 2.59 bits per heavy atom. The van der Waals surface area contributed by atoms with Gasteiger partial charge in [0.05, 0.1) is 28.0 Å². The summed E-state index contributed by atoms with van der Waals surface area (Å²) in [5, 5.41) is 0. The zero-order valence-electron chi connectivity index (χ0n) is 19.5. The zero-order chi connectivity index (χ0) is 24.6. The standard InChI is InChI=1S/C23H28N4O4S3/c1-4-9-25(10-5-2)20-17(21(28)26-11-6-7-15(3)19(26)24-20)13-18-22(29)27(23(32)33-18)16-8-12-34(30,31)14-16/h6-7,11,13,16H,4-5,8-10,12,14H2,1-3H3/b18-13-/t16-/m0/s1. The van der Waals surface area contributed by atoms with Crippen LogP contribution >= 0.6 is 24.0 Å². The minimum absolute atomic E-state index is 0.0518. The number of amides is 1. The fraction of sp³-hybridized carbons (Fsp3) is 0.478. The van der Waals surface area contributed by atoms with Gasteiger partial charge in [0.2, 0.25) is 0 Å². The summed E-state index contributed by atoms with van der Waals surface area (Å²) in [4.78, 5) is 35.6. The van der Waals surface area contributed by atoms with Gasteiger partial charge in [0.25, 0.3) is 11.5 Å². The highest BCUT2D eigenvalue weighted by molar-refractivity contribution is 8.26. The van der Waals surface area contributed by atoms with Crippen LogP contribution in [0.25, 0.3) is 11.7 Å². The quantitative estimate of drug-likeness (QED) is 0.406. The van der Waals surface area contributed by atoms with Crippen LogP contribution in [0.5, 0.6) is 0 Å². The van der Waals surface area contributed by atoms with E-state index < -0.39 is 15.9 Å². The Bertz CT molecular complexity index is 1340. The van der Waals surface area contributed by atoms with E-state index in [1.165, 1.54) is 9.30 Å². The number of anilines is 1. The van der Waals surface area contributed by atoms with Crippen molar-refractivity contribution in [1.29, 1.82) is 0 Å². The number of sulfone groups is 1. The maximum atomic E-state index is 13.6. The molecule has 0 saturated carbocycles. The van der Waals surface area contributed by atoms with E-state index >= 15 is 0 Å². The molecule has 2 aromatic rings. The molecule has 0 N–H and O–H groups in total. The molecule has 0 radical (unpaired) electrons. The van der Waals surface area contributed by atoms with Gasteiger partial charge in [-0.05, 0) is 43.9 Å². The smallest absolute Gasteiger partial charge is 0.267 e. The van der Waals surface area contributed by atoms with Crippen LogP contribution in [-0.4, -0.2) is 63.6 Å². The first-order valence-corrected chi connectivity index (χ1v) is 14.5.